The first-order chi connectivity index (χ1) is 10.2. The van der Waals surface area contributed by atoms with Crippen molar-refractivity contribution in [3.05, 3.63) is 46.0 Å². The highest BCUT2D eigenvalue weighted by Crippen LogP contribution is 2.30. The van der Waals surface area contributed by atoms with Crippen LogP contribution in [-0.4, -0.2) is 21.3 Å². The maximum atomic E-state index is 4.50. The molecule has 0 aliphatic carbocycles. The van der Waals surface area contributed by atoms with E-state index in [0.29, 0.717) is 0 Å². The van der Waals surface area contributed by atoms with E-state index in [1.54, 1.807) is 0 Å². The van der Waals surface area contributed by atoms with Crippen molar-refractivity contribution < 1.29 is 0 Å². The summed E-state index contributed by atoms with van der Waals surface area (Å²) in [4.78, 5) is 4.26. The Bertz CT molecular complexity index is 579. The van der Waals surface area contributed by atoms with E-state index in [0.717, 1.165) is 30.4 Å². The van der Waals surface area contributed by atoms with E-state index < -0.39 is 0 Å². The van der Waals surface area contributed by atoms with Gasteiger partial charge in [0.05, 0.1) is 22.4 Å². The molecule has 2 heterocycles. The van der Waals surface area contributed by atoms with Crippen molar-refractivity contribution in [2.75, 3.05) is 6.54 Å². The Morgan fingerprint density at radius 3 is 2.76 bits per heavy atom. The van der Waals surface area contributed by atoms with Crippen LogP contribution >= 0.6 is 15.9 Å². The lowest BCUT2D eigenvalue weighted by molar-refractivity contribution is 0.517. The Morgan fingerprint density at radius 2 is 2.10 bits per heavy atom. The van der Waals surface area contributed by atoms with Gasteiger partial charge in [0.25, 0.3) is 0 Å². The largest absolute Gasteiger partial charge is 0.305 e. The maximum Gasteiger partial charge on any atom is 0.0763 e. The summed E-state index contributed by atoms with van der Waals surface area (Å²) in [5.41, 5.74) is 3.76. The van der Waals surface area contributed by atoms with Crippen molar-refractivity contribution in [3.8, 4) is 0 Å². The van der Waals surface area contributed by atoms with Crippen molar-refractivity contribution in [2.45, 2.75) is 46.2 Å². The second kappa shape index (κ2) is 7.71. The third kappa shape index (κ3) is 3.52. The molecule has 2 rings (SSSR count). The Balaban J connectivity index is 2.51. The molecule has 1 N–H and O–H groups in total. The number of halogens is 1. The lowest BCUT2D eigenvalue weighted by atomic mass is 9.98. The summed E-state index contributed by atoms with van der Waals surface area (Å²) in [6.45, 7) is 8.30. The summed E-state index contributed by atoms with van der Waals surface area (Å²) in [7, 11) is 0. The number of aryl methyl sites for hydroxylation is 2. The monoisotopic (exact) mass is 350 g/mol. The van der Waals surface area contributed by atoms with Crippen LogP contribution in [-0.2, 0) is 13.0 Å². The van der Waals surface area contributed by atoms with Crippen molar-refractivity contribution in [1.82, 2.24) is 20.1 Å². The molecule has 0 aliphatic rings. The molecule has 5 heteroatoms. The van der Waals surface area contributed by atoms with Crippen molar-refractivity contribution >= 4 is 15.9 Å². The Labute approximate surface area is 135 Å². The summed E-state index contributed by atoms with van der Waals surface area (Å²) in [6, 6.07) is 2.25. The van der Waals surface area contributed by atoms with Gasteiger partial charge in [-0.05, 0) is 52.5 Å². The summed E-state index contributed by atoms with van der Waals surface area (Å²) >= 11 is 3.66. The highest BCUT2D eigenvalue weighted by atomic mass is 79.9. The predicted molar refractivity (Wildman–Crippen MR) is 89.4 cm³/mol. The summed E-state index contributed by atoms with van der Waals surface area (Å²) < 4.78 is 3.15. The number of hydrogen-bond acceptors (Lipinski definition) is 3. The second-order valence-electron chi connectivity index (χ2n) is 5.02. The summed E-state index contributed by atoms with van der Waals surface area (Å²) in [5.74, 6) is 0. The molecule has 4 nitrogen and oxygen atoms in total. The van der Waals surface area contributed by atoms with E-state index in [1.807, 2.05) is 18.6 Å². The van der Waals surface area contributed by atoms with E-state index in [9.17, 15) is 0 Å². The third-order valence-electron chi connectivity index (χ3n) is 3.58. The van der Waals surface area contributed by atoms with Gasteiger partial charge in [0, 0.05) is 18.9 Å². The first-order valence-electron chi connectivity index (χ1n) is 7.60. The zero-order chi connectivity index (χ0) is 15.2. The van der Waals surface area contributed by atoms with Crippen LogP contribution in [0.15, 0.2) is 29.1 Å². The minimum absolute atomic E-state index is 0.136. The molecule has 2 aromatic rings. The molecule has 21 heavy (non-hydrogen) atoms. The van der Waals surface area contributed by atoms with E-state index in [-0.39, 0.29) is 6.04 Å². The topological polar surface area (TPSA) is 42.7 Å². The van der Waals surface area contributed by atoms with Crippen LogP contribution in [0.4, 0.5) is 0 Å². The van der Waals surface area contributed by atoms with Gasteiger partial charge in [-0.25, -0.2) is 0 Å². The second-order valence-corrected chi connectivity index (χ2v) is 5.87. The molecule has 0 fully saturated rings. The van der Waals surface area contributed by atoms with Gasteiger partial charge in [-0.2, -0.15) is 5.10 Å². The van der Waals surface area contributed by atoms with Crippen LogP contribution in [0, 0.1) is 0 Å². The number of rotatable bonds is 7. The molecule has 0 aromatic carbocycles. The maximum absolute atomic E-state index is 4.50. The Kier molecular flexibility index (Phi) is 5.94. The molecule has 0 spiro atoms. The van der Waals surface area contributed by atoms with Crippen molar-refractivity contribution in [2.24, 2.45) is 0 Å². The Morgan fingerprint density at radius 1 is 1.29 bits per heavy atom. The molecule has 0 amide bonds. The average molecular weight is 351 g/mol. The number of nitrogens with one attached hydrogen (secondary N) is 1. The normalized spacial score (nSPS) is 12.6. The highest BCUT2D eigenvalue weighted by molar-refractivity contribution is 9.10. The zero-order valence-corrected chi connectivity index (χ0v) is 14.5. The fraction of sp³-hybridized carbons (Fsp3) is 0.500. The van der Waals surface area contributed by atoms with Crippen LogP contribution in [0.25, 0.3) is 0 Å². The van der Waals surface area contributed by atoms with Crippen LogP contribution in [0.5, 0.6) is 0 Å². The molecule has 0 radical (unpaired) electrons. The van der Waals surface area contributed by atoms with E-state index in [4.69, 9.17) is 0 Å². The molecule has 1 atom stereocenters. The lowest BCUT2D eigenvalue weighted by Gasteiger charge is -2.22. The molecule has 0 bridgehead atoms. The van der Waals surface area contributed by atoms with Gasteiger partial charge in [-0.3, -0.25) is 9.67 Å². The van der Waals surface area contributed by atoms with Crippen LogP contribution < -0.4 is 5.32 Å². The van der Waals surface area contributed by atoms with Gasteiger partial charge in [0.15, 0.2) is 0 Å². The van der Waals surface area contributed by atoms with Gasteiger partial charge in [-0.1, -0.05) is 20.8 Å². The summed E-state index contributed by atoms with van der Waals surface area (Å²) in [5, 5.41) is 8.10. The SMILES string of the molecule is CCCn1ncc(Br)c1C(NCC)c1ccncc1CC. The van der Waals surface area contributed by atoms with Crippen LogP contribution in [0.2, 0.25) is 0 Å². The van der Waals surface area contributed by atoms with E-state index in [1.165, 1.54) is 16.8 Å². The smallest absolute Gasteiger partial charge is 0.0763 e. The van der Waals surface area contributed by atoms with Gasteiger partial charge in [-0.15, -0.1) is 0 Å². The van der Waals surface area contributed by atoms with Crippen molar-refractivity contribution in [3.63, 3.8) is 0 Å². The number of hydrogen-bond donors (Lipinski definition) is 1. The predicted octanol–water partition coefficient (Wildman–Crippen LogP) is 3.71. The van der Waals surface area contributed by atoms with Gasteiger partial charge < -0.3 is 5.32 Å². The number of pyridine rings is 1. The molecule has 0 saturated carbocycles. The number of nitrogens with zero attached hydrogens (tertiary/aromatic N) is 3. The minimum Gasteiger partial charge on any atom is -0.305 e. The standard InChI is InChI=1S/C16H23BrN4/c1-4-9-21-16(14(17)11-20-21)15(19-6-3)13-7-8-18-10-12(13)5-2/h7-8,10-11,15,19H,4-6,9H2,1-3H3. The van der Waals surface area contributed by atoms with E-state index in [2.05, 4.69) is 62.8 Å². The molecule has 1 unspecified atom stereocenters. The lowest BCUT2D eigenvalue weighted by Crippen LogP contribution is -2.26. The van der Waals surface area contributed by atoms with Gasteiger partial charge in [0.2, 0.25) is 0 Å². The van der Waals surface area contributed by atoms with Crippen molar-refractivity contribution in [1.29, 1.82) is 0 Å². The van der Waals surface area contributed by atoms with Crippen LogP contribution in [0.3, 0.4) is 0 Å². The van der Waals surface area contributed by atoms with Gasteiger partial charge >= 0.3 is 0 Å². The zero-order valence-electron chi connectivity index (χ0n) is 12.9. The first-order valence-corrected chi connectivity index (χ1v) is 8.39. The number of aromatic nitrogens is 3. The average Bonchev–Trinajstić information content (AvgIpc) is 2.86. The summed E-state index contributed by atoms with van der Waals surface area (Å²) in [6.07, 6.45) is 7.77. The van der Waals surface area contributed by atoms with Gasteiger partial charge in [0.1, 0.15) is 0 Å². The molecule has 0 saturated heterocycles. The van der Waals surface area contributed by atoms with E-state index >= 15 is 0 Å². The fourth-order valence-corrected chi connectivity index (χ4v) is 3.15. The third-order valence-corrected chi connectivity index (χ3v) is 4.19. The molecular weight excluding hydrogens is 328 g/mol. The minimum atomic E-state index is 0.136. The molecule has 114 valence electrons. The quantitative estimate of drug-likeness (QED) is 0.827. The molecule has 2 aromatic heterocycles. The first kappa shape index (κ1) is 16.2. The van der Waals surface area contributed by atoms with Crippen LogP contribution in [0.1, 0.15) is 50.1 Å². The molecular formula is C16H23BrN4. The highest BCUT2D eigenvalue weighted by Gasteiger charge is 2.22. The fourth-order valence-electron chi connectivity index (χ4n) is 2.62. The molecule has 0 aliphatic heterocycles. The Hall–Kier alpha value is -1.20.